The summed E-state index contributed by atoms with van der Waals surface area (Å²) in [7, 11) is 2.41. The molecule has 3 aromatic rings. The van der Waals surface area contributed by atoms with E-state index in [0.717, 1.165) is 39.6 Å². The highest BCUT2D eigenvalue weighted by Gasteiger charge is 2.28. The summed E-state index contributed by atoms with van der Waals surface area (Å²) >= 11 is 0.879. The van der Waals surface area contributed by atoms with E-state index in [-0.39, 0.29) is 34.0 Å². The average Bonchev–Trinajstić information content (AvgIpc) is 3.29. The molecule has 170 valence electrons. The molecule has 0 amide bonds. The fourth-order valence-corrected chi connectivity index (χ4v) is 4.44. The Labute approximate surface area is 188 Å². The molecular weight excluding hydrogens is 436 g/mol. The summed E-state index contributed by atoms with van der Waals surface area (Å²) in [6, 6.07) is 1.89. The highest BCUT2D eigenvalue weighted by molar-refractivity contribution is 7.18. The van der Waals surface area contributed by atoms with Crippen molar-refractivity contribution in [2.45, 2.75) is 40.2 Å². The van der Waals surface area contributed by atoms with Crippen molar-refractivity contribution >= 4 is 39.9 Å². The standard InChI is InChI=1S/C21H24N4O6S/c1-10-8-15-23-11(2)13(12(3)25(15)24-10)6-7-16(26)31-9-14-17(20(27)29-4)19(22)32-18(14)21(28)30-5/h8H,6-7,9,22H2,1-5H3. The van der Waals surface area contributed by atoms with Crippen LogP contribution in [0.5, 0.6) is 0 Å². The first-order valence-corrected chi connectivity index (χ1v) is 10.5. The first-order chi connectivity index (χ1) is 15.2. The molecule has 0 unspecified atom stereocenters. The number of thiophene rings is 1. The van der Waals surface area contributed by atoms with Crippen molar-refractivity contribution in [2.75, 3.05) is 20.0 Å². The molecule has 0 saturated carbocycles. The topological polar surface area (TPSA) is 135 Å². The third kappa shape index (κ3) is 4.42. The van der Waals surface area contributed by atoms with E-state index < -0.39 is 17.9 Å². The van der Waals surface area contributed by atoms with Crippen LogP contribution in [-0.4, -0.2) is 46.7 Å². The number of aryl methyl sites for hydroxylation is 3. The van der Waals surface area contributed by atoms with E-state index in [1.165, 1.54) is 14.2 Å². The van der Waals surface area contributed by atoms with Crippen LogP contribution in [0, 0.1) is 20.8 Å². The number of methoxy groups -OCH3 is 2. The van der Waals surface area contributed by atoms with E-state index in [1.54, 1.807) is 4.52 Å². The lowest BCUT2D eigenvalue weighted by molar-refractivity contribution is -0.144. The summed E-state index contributed by atoms with van der Waals surface area (Å²) in [6.45, 7) is 5.39. The van der Waals surface area contributed by atoms with Gasteiger partial charge in [0.2, 0.25) is 0 Å². The summed E-state index contributed by atoms with van der Waals surface area (Å²) in [6.07, 6.45) is 0.480. The molecule has 0 aliphatic rings. The van der Waals surface area contributed by atoms with Crippen LogP contribution in [0.15, 0.2) is 6.07 Å². The lowest BCUT2D eigenvalue weighted by Crippen LogP contribution is -2.13. The molecular formula is C21H24N4O6S. The van der Waals surface area contributed by atoms with Crippen molar-refractivity contribution in [1.29, 1.82) is 0 Å². The Kier molecular flexibility index (Phi) is 6.78. The van der Waals surface area contributed by atoms with Crippen LogP contribution in [0.4, 0.5) is 5.00 Å². The SMILES string of the molecule is COC(=O)c1sc(N)c(C(=O)OC)c1COC(=O)CCc1c(C)nc2cc(C)nn2c1C. The van der Waals surface area contributed by atoms with Gasteiger partial charge in [0, 0.05) is 29.4 Å². The normalized spacial score (nSPS) is 10.9. The van der Waals surface area contributed by atoms with E-state index in [9.17, 15) is 14.4 Å². The number of nitrogens with zero attached hydrogens (tertiary/aromatic N) is 3. The van der Waals surface area contributed by atoms with Gasteiger partial charge in [-0.2, -0.15) is 5.10 Å². The Morgan fingerprint density at radius 3 is 2.44 bits per heavy atom. The number of hydrogen-bond donors (Lipinski definition) is 1. The molecule has 10 nitrogen and oxygen atoms in total. The van der Waals surface area contributed by atoms with Gasteiger partial charge in [-0.1, -0.05) is 0 Å². The number of hydrogen-bond acceptors (Lipinski definition) is 10. The molecule has 3 heterocycles. The summed E-state index contributed by atoms with van der Waals surface area (Å²) in [5.41, 5.74) is 10.3. The van der Waals surface area contributed by atoms with Gasteiger partial charge in [-0.25, -0.2) is 19.1 Å². The maximum atomic E-state index is 12.5. The molecule has 0 aliphatic carbocycles. The summed E-state index contributed by atoms with van der Waals surface area (Å²) in [5, 5.41) is 4.51. The maximum absolute atomic E-state index is 12.5. The zero-order chi connectivity index (χ0) is 23.6. The maximum Gasteiger partial charge on any atom is 0.348 e. The number of rotatable bonds is 7. The zero-order valence-corrected chi connectivity index (χ0v) is 19.3. The second-order valence-corrected chi connectivity index (χ2v) is 8.16. The molecule has 0 atom stereocenters. The van der Waals surface area contributed by atoms with E-state index in [4.69, 9.17) is 19.9 Å². The molecule has 3 rings (SSSR count). The van der Waals surface area contributed by atoms with Crippen LogP contribution in [0.1, 0.15) is 54.7 Å². The van der Waals surface area contributed by atoms with Gasteiger partial charge < -0.3 is 19.9 Å². The highest BCUT2D eigenvalue weighted by atomic mass is 32.1. The Morgan fingerprint density at radius 2 is 1.78 bits per heavy atom. The van der Waals surface area contributed by atoms with Gasteiger partial charge >= 0.3 is 17.9 Å². The molecule has 0 bridgehead atoms. The minimum Gasteiger partial charge on any atom is -0.465 e. The molecule has 0 saturated heterocycles. The first kappa shape index (κ1) is 23.2. The Bertz CT molecular complexity index is 1210. The van der Waals surface area contributed by atoms with Gasteiger partial charge in [0.15, 0.2) is 5.65 Å². The second kappa shape index (κ2) is 9.35. The lowest BCUT2D eigenvalue weighted by atomic mass is 10.1. The van der Waals surface area contributed by atoms with Gasteiger partial charge in [0.05, 0.1) is 19.9 Å². The van der Waals surface area contributed by atoms with Gasteiger partial charge in [-0.15, -0.1) is 11.3 Å². The van der Waals surface area contributed by atoms with Gasteiger partial charge in [0.25, 0.3) is 0 Å². The van der Waals surface area contributed by atoms with Gasteiger partial charge in [-0.3, -0.25) is 4.79 Å². The molecule has 0 fully saturated rings. The summed E-state index contributed by atoms with van der Waals surface area (Å²) in [5.74, 6) is -1.90. The Balaban J connectivity index is 1.75. The van der Waals surface area contributed by atoms with Crippen LogP contribution in [-0.2, 0) is 32.0 Å². The highest BCUT2D eigenvalue weighted by Crippen LogP contribution is 2.33. The largest absolute Gasteiger partial charge is 0.465 e. The van der Waals surface area contributed by atoms with Crippen LogP contribution in [0.2, 0.25) is 0 Å². The fourth-order valence-electron chi connectivity index (χ4n) is 3.46. The molecule has 11 heteroatoms. The van der Waals surface area contributed by atoms with Crippen LogP contribution >= 0.6 is 11.3 Å². The predicted molar refractivity (Wildman–Crippen MR) is 117 cm³/mol. The van der Waals surface area contributed by atoms with Crippen molar-refractivity contribution < 1.29 is 28.6 Å². The van der Waals surface area contributed by atoms with Crippen molar-refractivity contribution in [1.82, 2.24) is 14.6 Å². The second-order valence-electron chi connectivity index (χ2n) is 7.11. The van der Waals surface area contributed by atoms with Gasteiger partial charge in [0.1, 0.15) is 22.0 Å². The molecule has 0 aliphatic heterocycles. The average molecular weight is 461 g/mol. The number of aromatic nitrogens is 3. The zero-order valence-electron chi connectivity index (χ0n) is 18.5. The predicted octanol–water partition coefficient (Wildman–Crippen LogP) is 2.55. The molecule has 0 radical (unpaired) electrons. The van der Waals surface area contributed by atoms with E-state index in [2.05, 4.69) is 10.1 Å². The molecule has 32 heavy (non-hydrogen) atoms. The number of nitrogen functional groups attached to an aromatic ring is 1. The number of anilines is 1. The number of carbonyl (C=O) groups excluding carboxylic acids is 3. The Hall–Kier alpha value is -3.47. The molecule has 0 aromatic carbocycles. The lowest BCUT2D eigenvalue weighted by Gasteiger charge is -2.11. The van der Waals surface area contributed by atoms with Crippen molar-refractivity contribution in [2.24, 2.45) is 0 Å². The number of fused-ring (bicyclic) bond motifs is 1. The van der Waals surface area contributed by atoms with Crippen molar-refractivity contribution in [3.05, 3.63) is 44.7 Å². The minimum atomic E-state index is -0.722. The number of carbonyl (C=O) groups is 3. The van der Waals surface area contributed by atoms with Crippen molar-refractivity contribution in [3.63, 3.8) is 0 Å². The van der Waals surface area contributed by atoms with E-state index in [0.29, 0.717) is 6.42 Å². The van der Waals surface area contributed by atoms with Crippen LogP contribution < -0.4 is 5.73 Å². The van der Waals surface area contributed by atoms with E-state index >= 15 is 0 Å². The smallest absolute Gasteiger partial charge is 0.348 e. The monoisotopic (exact) mass is 460 g/mol. The number of nitrogens with two attached hydrogens (primary N) is 1. The molecule has 0 spiro atoms. The van der Waals surface area contributed by atoms with Gasteiger partial charge in [-0.05, 0) is 32.8 Å². The number of ether oxygens (including phenoxy) is 3. The van der Waals surface area contributed by atoms with Crippen LogP contribution in [0.3, 0.4) is 0 Å². The number of esters is 3. The fraction of sp³-hybridized carbons (Fsp3) is 0.381. The molecule has 2 N–H and O–H groups in total. The summed E-state index contributed by atoms with van der Waals surface area (Å²) < 4.78 is 16.6. The van der Waals surface area contributed by atoms with E-state index in [1.807, 2.05) is 26.8 Å². The quantitative estimate of drug-likeness (QED) is 0.417. The van der Waals surface area contributed by atoms with Crippen LogP contribution in [0.25, 0.3) is 5.65 Å². The van der Waals surface area contributed by atoms with Crippen molar-refractivity contribution in [3.8, 4) is 0 Å². The Morgan fingerprint density at radius 1 is 1.09 bits per heavy atom. The first-order valence-electron chi connectivity index (χ1n) is 9.73. The molecule has 3 aromatic heterocycles. The third-order valence-electron chi connectivity index (χ3n) is 5.04. The minimum absolute atomic E-state index is 0.00101. The summed E-state index contributed by atoms with van der Waals surface area (Å²) in [4.78, 5) is 41.3. The third-order valence-corrected chi connectivity index (χ3v) is 6.08.